The van der Waals surface area contributed by atoms with E-state index in [-0.39, 0.29) is 11.7 Å². The topological polar surface area (TPSA) is 79.5 Å². The molecule has 0 radical (unpaired) electrons. The monoisotopic (exact) mass is 280 g/mol. The van der Waals surface area contributed by atoms with Crippen LogP contribution in [0.2, 0.25) is 0 Å². The first-order valence-electron chi connectivity index (χ1n) is 6.51. The second-order valence-corrected chi connectivity index (χ2v) is 5.83. The number of aromatic nitrogens is 3. The molecule has 0 aliphatic heterocycles. The van der Waals surface area contributed by atoms with Crippen LogP contribution in [0.3, 0.4) is 0 Å². The highest BCUT2D eigenvalue weighted by atomic mass is 32.1. The van der Waals surface area contributed by atoms with Gasteiger partial charge in [-0.25, -0.2) is 4.98 Å². The van der Waals surface area contributed by atoms with Crippen molar-refractivity contribution >= 4 is 21.4 Å². The Morgan fingerprint density at radius 2 is 2.32 bits per heavy atom. The van der Waals surface area contributed by atoms with Gasteiger partial charge in [0.25, 0.3) is 5.56 Å². The highest BCUT2D eigenvalue weighted by Crippen LogP contribution is 2.28. The third kappa shape index (κ3) is 2.62. The molecule has 19 heavy (non-hydrogen) atoms. The van der Waals surface area contributed by atoms with Crippen LogP contribution < -0.4 is 10.9 Å². The number of nitrogens with one attached hydrogen (secondary N) is 1. The minimum atomic E-state index is -0.348. The summed E-state index contributed by atoms with van der Waals surface area (Å²) in [4.78, 5) is 16.2. The van der Waals surface area contributed by atoms with Gasteiger partial charge in [-0.05, 0) is 18.8 Å². The van der Waals surface area contributed by atoms with Crippen molar-refractivity contribution in [3.05, 3.63) is 22.6 Å². The Labute approximate surface area is 114 Å². The van der Waals surface area contributed by atoms with Gasteiger partial charge in [-0.15, -0.1) is 5.10 Å². The molecule has 1 unspecified atom stereocenters. The van der Waals surface area contributed by atoms with Gasteiger partial charge in [0.15, 0.2) is 0 Å². The predicted molar refractivity (Wildman–Crippen MR) is 73.6 cm³/mol. The van der Waals surface area contributed by atoms with E-state index in [1.54, 1.807) is 0 Å². The second-order valence-electron chi connectivity index (χ2n) is 4.88. The van der Waals surface area contributed by atoms with Gasteiger partial charge < -0.3 is 10.4 Å². The van der Waals surface area contributed by atoms with E-state index in [9.17, 15) is 9.90 Å². The summed E-state index contributed by atoms with van der Waals surface area (Å²) in [6.45, 7) is 0.471. The molecule has 1 fully saturated rings. The van der Waals surface area contributed by atoms with E-state index in [2.05, 4.69) is 15.4 Å². The number of fused-ring (bicyclic) bond motifs is 1. The van der Waals surface area contributed by atoms with Crippen LogP contribution in [-0.2, 0) is 0 Å². The molecule has 0 amide bonds. The zero-order chi connectivity index (χ0) is 13.2. The van der Waals surface area contributed by atoms with Gasteiger partial charge in [0, 0.05) is 18.8 Å². The van der Waals surface area contributed by atoms with Gasteiger partial charge in [-0.3, -0.25) is 4.79 Å². The van der Waals surface area contributed by atoms with Crippen LogP contribution in [0.25, 0.3) is 4.96 Å². The molecule has 0 spiro atoms. The minimum absolute atomic E-state index is 0.189. The zero-order valence-corrected chi connectivity index (χ0v) is 11.3. The quantitative estimate of drug-likeness (QED) is 0.877. The van der Waals surface area contributed by atoms with Gasteiger partial charge in [0.1, 0.15) is 0 Å². The Kier molecular flexibility index (Phi) is 3.48. The largest absolute Gasteiger partial charge is 0.391 e. The molecule has 1 atom stereocenters. The number of hydrogen-bond acceptors (Lipinski definition) is 6. The SMILES string of the molecule is O=c1ccnc2sc(NCC(O)C3CCCC3)nn12. The van der Waals surface area contributed by atoms with Crippen molar-refractivity contribution in [2.45, 2.75) is 31.8 Å². The summed E-state index contributed by atoms with van der Waals surface area (Å²) in [6, 6.07) is 1.38. The molecule has 1 aliphatic rings. The Morgan fingerprint density at radius 3 is 3.05 bits per heavy atom. The third-order valence-corrected chi connectivity index (χ3v) is 4.46. The van der Waals surface area contributed by atoms with Crippen molar-refractivity contribution in [1.82, 2.24) is 14.6 Å². The first-order valence-corrected chi connectivity index (χ1v) is 7.32. The van der Waals surface area contributed by atoms with E-state index in [0.29, 0.717) is 22.6 Å². The molecule has 3 rings (SSSR count). The van der Waals surface area contributed by atoms with Crippen LogP contribution >= 0.6 is 11.3 Å². The van der Waals surface area contributed by atoms with Crippen molar-refractivity contribution in [2.75, 3.05) is 11.9 Å². The lowest BCUT2D eigenvalue weighted by molar-refractivity contribution is 0.123. The number of hydrogen-bond donors (Lipinski definition) is 2. The van der Waals surface area contributed by atoms with Gasteiger partial charge in [-0.1, -0.05) is 24.2 Å². The molecule has 0 aromatic carbocycles. The van der Waals surface area contributed by atoms with Crippen LogP contribution in [0, 0.1) is 5.92 Å². The maximum Gasteiger partial charge on any atom is 0.275 e. The average molecular weight is 280 g/mol. The van der Waals surface area contributed by atoms with Crippen LogP contribution in [0.4, 0.5) is 5.13 Å². The summed E-state index contributed by atoms with van der Waals surface area (Å²) in [5.74, 6) is 0.391. The Bertz CT molecular complexity index is 617. The zero-order valence-electron chi connectivity index (χ0n) is 10.5. The smallest absolute Gasteiger partial charge is 0.275 e. The predicted octanol–water partition coefficient (Wildman–Crippen LogP) is 1.11. The summed E-state index contributed by atoms with van der Waals surface area (Å²) in [7, 11) is 0. The van der Waals surface area contributed by atoms with Gasteiger partial charge in [-0.2, -0.15) is 4.52 Å². The Hall–Kier alpha value is -1.47. The molecular formula is C12H16N4O2S. The highest BCUT2D eigenvalue weighted by Gasteiger charge is 2.23. The van der Waals surface area contributed by atoms with Gasteiger partial charge >= 0.3 is 0 Å². The van der Waals surface area contributed by atoms with E-state index in [0.717, 1.165) is 12.8 Å². The maximum absolute atomic E-state index is 11.5. The molecule has 102 valence electrons. The van der Waals surface area contributed by atoms with Gasteiger partial charge in [0.2, 0.25) is 10.1 Å². The highest BCUT2D eigenvalue weighted by molar-refractivity contribution is 7.20. The third-order valence-electron chi connectivity index (χ3n) is 3.58. The van der Waals surface area contributed by atoms with E-state index >= 15 is 0 Å². The molecule has 6 nitrogen and oxygen atoms in total. The second kappa shape index (κ2) is 5.26. The number of nitrogens with zero attached hydrogens (tertiary/aromatic N) is 3. The minimum Gasteiger partial charge on any atom is -0.391 e. The molecule has 0 bridgehead atoms. The van der Waals surface area contributed by atoms with Crippen molar-refractivity contribution in [3.8, 4) is 0 Å². The lowest BCUT2D eigenvalue weighted by Crippen LogP contribution is -2.26. The lowest BCUT2D eigenvalue weighted by Gasteiger charge is -2.17. The summed E-state index contributed by atoms with van der Waals surface area (Å²) in [5, 5.41) is 17.9. The first-order chi connectivity index (χ1) is 9.24. The lowest BCUT2D eigenvalue weighted by atomic mass is 10.0. The molecule has 2 heterocycles. The fourth-order valence-electron chi connectivity index (χ4n) is 2.52. The van der Waals surface area contributed by atoms with Crippen LogP contribution in [0.1, 0.15) is 25.7 Å². The molecular weight excluding hydrogens is 264 g/mol. The van der Waals surface area contributed by atoms with Gasteiger partial charge in [0.05, 0.1) is 6.10 Å². The molecule has 7 heteroatoms. The fraction of sp³-hybridized carbons (Fsp3) is 0.583. The summed E-state index contributed by atoms with van der Waals surface area (Å²) >= 11 is 1.31. The molecule has 2 N–H and O–H groups in total. The van der Waals surface area contributed by atoms with E-state index in [4.69, 9.17) is 0 Å². The van der Waals surface area contributed by atoms with E-state index in [1.807, 2.05) is 0 Å². The van der Waals surface area contributed by atoms with Crippen molar-refractivity contribution in [2.24, 2.45) is 5.92 Å². The Balaban J connectivity index is 1.68. The van der Waals surface area contributed by atoms with E-state index in [1.165, 1.54) is 41.0 Å². The molecule has 0 saturated heterocycles. The normalized spacial score (nSPS) is 17.9. The van der Waals surface area contributed by atoms with Crippen LogP contribution in [0.15, 0.2) is 17.1 Å². The van der Waals surface area contributed by atoms with Crippen LogP contribution in [0.5, 0.6) is 0 Å². The standard InChI is InChI=1S/C12H16N4O2S/c17-9(8-3-1-2-4-8)7-14-11-15-16-10(18)5-6-13-12(16)19-11/h5-6,8-9,17H,1-4,7H2,(H,14,15). The maximum atomic E-state index is 11.5. The van der Waals surface area contributed by atoms with Crippen molar-refractivity contribution in [1.29, 1.82) is 0 Å². The average Bonchev–Trinajstić information content (AvgIpc) is 3.05. The molecule has 1 aliphatic carbocycles. The Morgan fingerprint density at radius 1 is 1.53 bits per heavy atom. The van der Waals surface area contributed by atoms with E-state index < -0.39 is 0 Å². The number of rotatable bonds is 4. The number of aliphatic hydroxyl groups is 1. The molecule has 2 aromatic heterocycles. The fourth-order valence-corrected chi connectivity index (χ4v) is 3.30. The molecule has 2 aromatic rings. The van der Waals surface area contributed by atoms with Crippen molar-refractivity contribution in [3.63, 3.8) is 0 Å². The number of aliphatic hydroxyl groups excluding tert-OH is 1. The van der Waals surface area contributed by atoms with Crippen LogP contribution in [-0.4, -0.2) is 32.4 Å². The summed E-state index contributed by atoms with van der Waals surface area (Å²) in [5.41, 5.74) is -0.189. The summed E-state index contributed by atoms with van der Waals surface area (Å²) < 4.78 is 1.27. The number of anilines is 1. The van der Waals surface area contributed by atoms with Crippen molar-refractivity contribution < 1.29 is 5.11 Å². The first kappa shape index (κ1) is 12.6. The summed E-state index contributed by atoms with van der Waals surface area (Å²) in [6.07, 6.45) is 5.75. The molecule has 1 saturated carbocycles.